The van der Waals surface area contributed by atoms with Crippen molar-refractivity contribution in [3.63, 3.8) is 0 Å². The summed E-state index contributed by atoms with van der Waals surface area (Å²) in [5, 5.41) is 12.1. The summed E-state index contributed by atoms with van der Waals surface area (Å²) in [7, 11) is 0. The highest BCUT2D eigenvalue weighted by molar-refractivity contribution is 5.84. The molecule has 1 unspecified atom stereocenters. The Morgan fingerprint density at radius 2 is 2.33 bits per heavy atom. The predicted octanol–water partition coefficient (Wildman–Crippen LogP) is -0.288. The molecule has 1 saturated carbocycles. The van der Waals surface area contributed by atoms with Gasteiger partial charge >= 0.3 is 0 Å². The molecule has 4 heteroatoms. The van der Waals surface area contributed by atoms with Crippen LogP contribution in [-0.2, 0) is 4.79 Å². The van der Waals surface area contributed by atoms with Gasteiger partial charge in [0.2, 0.25) is 0 Å². The quantitative estimate of drug-likeness (QED) is 0.510. The molecule has 12 heavy (non-hydrogen) atoms. The van der Waals surface area contributed by atoms with Crippen LogP contribution in [0.2, 0.25) is 0 Å². The van der Waals surface area contributed by atoms with Crippen LogP contribution >= 0.6 is 0 Å². The van der Waals surface area contributed by atoms with Crippen LogP contribution < -0.4 is 11.1 Å². The van der Waals surface area contributed by atoms with Crippen LogP contribution in [-0.4, -0.2) is 22.8 Å². The first-order valence-electron chi connectivity index (χ1n) is 4.38. The van der Waals surface area contributed by atoms with Gasteiger partial charge in [-0.15, -0.1) is 0 Å². The van der Waals surface area contributed by atoms with Crippen molar-refractivity contribution < 1.29 is 9.90 Å². The second kappa shape index (κ2) is 3.41. The van der Waals surface area contributed by atoms with Gasteiger partial charge in [-0.2, -0.15) is 0 Å². The minimum Gasteiger partial charge on any atom is -0.368 e. The molecule has 0 bridgehead atoms. The van der Waals surface area contributed by atoms with Gasteiger partial charge in [-0.05, 0) is 19.3 Å². The number of nitrogens with two attached hydrogens (primary N) is 1. The Kier molecular flexibility index (Phi) is 2.69. The maximum Gasteiger partial charge on any atom is 0.267 e. The molecule has 0 aromatic carbocycles. The molecular formula is C8H16N2O2. The van der Waals surface area contributed by atoms with E-state index in [0.29, 0.717) is 12.8 Å². The number of amides is 1. The molecule has 1 atom stereocenters. The van der Waals surface area contributed by atoms with Gasteiger partial charge < -0.3 is 10.4 Å². The van der Waals surface area contributed by atoms with E-state index in [-0.39, 0.29) is 6.04 Å². The molecular weight excluding hydrogens is 156 g/mol. The first-order valence-corrected chi connectivity index (χ1v) is 4.38. The number of nitrogens with one attached hydrogen (secondary N) is 1. The molecule has 1 rings (SSSR count). The van der Waals surface area contributed by atoms with E-state index in [1.807, 2.05) is 6.92 Å². The van der Waals surface area contributed by atoms with Crippen molar-refractivity contribution in [2.45, 2.75) is 44.4 Å². The molecule has 1 fully saturated rings. The fraction of sp³-hybridized carbons (Fsp3) is 0.875. The van der Waals surface area contributed by atoms with Gasteiger partial charge in [0.25, 0.3) is 5.91 Å². The van der Waals surface area contributed by atoms with Crippen LogP contribution in [0.5, 0.6) is 0 Å². The largest absolute Gasteiger partial charge is 0.368 e. The summed E-state index contributed by atoms with van der Waals surface area (Å²) in [6.07, 6.45) is 3.03. The monoisotopic (exact) mass is 172 g/mol. The number of carbonyl (C=O) groups excluding carboxylic acids is 1. The van der Waals surface area contributed by atoms with Gasteiger partial charge in [0.1, 0.15) is 0 Å². The molecule has 4 nitrogen and oxygen atoms in total. The number of hydrogen-bond acceptors (Lipinski definition) is 3. The van der Waals surface area contributed by atoms with Crippen LogP contribution in [0.3, 0.4) is 0 Å². The minimum atomic E-state index is -1.67. The van der Waals surface area contributed by atoms with Gasteiger partial charge in [0.15, 0.2) is 5.72 Å². The number of carbonyl (C=O) groups is 1. The standard InChI is InChI=1S/C8H16N2O2/c1-2-5-8(9,12)7(11)10-6-3-4-6/h6,12H,2-5,9H2,1H3,(H,10,11). The van der Waals surface area contributed by atoms with Crippen LogP contribution in [0.4, 0.5) is 0 Å². The van der Waals surface area contributed by atoms with E-state index in [1.54, 1.807) is 0 Å². The SMILES string of the molecule is CCCC(N)(O)C(=O)NC1CC1. The normalized spacial score (nSPS) is 21.6. The summed E-state index contributed by atoms with van der Waals surface area (Å²) >= 11 is 0. The summed E-state index contributed by atoms with van der Waals surface area (Å²) in [4.78, 5) is 11.2. The molecule has 0 heterocycles. The van der Waals surface area contributed by atoms with Gasteiger partial charge in [-0.3, -0.25) is 10.5 Å². The average Bonchev–Trinajstić information content (AvgIpc) is 2.71. The van der Waals surface area contributed by atoms with Gasteiger partial charge in [0.05, 0.1) is 0 Å². The topological polar surface area (TPSA) is 75.3 Å². The molecule has 4 N–H and O–H groups in total. The van der Waals surface area contributed by atoms with E-state index in [0.717, 1.165) is 12.8 Å². The summed E-state index contributed by atoms with van der Waals surface area (Å²) in [6, 6.07) is 0.254. The summed E-state index contributed by atoms with van der Waals surface area (Å²) < 4.78 is 0. The lowest BCUT2D eigenvalue weighted by atomic mass is 10.1. The lowest BCUT2D eigenvalue weighted by Crippen LogP contribution is -2.54. The molecule has 70 valence electrons. The van der Waals surface area contributed by atoms with Gasteiger partial charge in [-0.1, -0.05) is 13.3 Å². The molecule has 0 aromatic heterocycles. The first-order chi connectivity index (χ1) is 5.56. The van der Waals surface area contributed by atoms with Crippen LogP contribution in [0.15, 0.2) is 0 Å². The Bertz CT molecular complexity index is 176. The lowest BCUT2D eigenvalue weighted by molar-refractivity contribution is -0.140. The van der Waals surface area contributed by atoms with Crippen LogP contribution in [0.1, 0.15) is 32.6 Å². The fourth-order valence-electron chi connectivity index (χ4n) is 1.03. The summed E-state index contributed by atoms with van der Waals surface area (Å²) in [6.45, 7) is 1.88. The van der Waals surface area contributed by atoms with E-state index < -0.39 is 11.6 Å². The Balaban J connectivity index is 2.36. The van der Waals surface area contributed by atoms with E-state index in [4.69, 9.17) is 5.73 Å². The summed E-state index contributed by atoms with van der Waals surface area (Å²) in [5.74, 6) is -0.438. The molecule has 0 aliphatic heterocycles. The van der Waals surface area contributed by atoms with Gasteiger partial charge in [-0.25, -0.2) is 0 Å². The van der Waals surface area contributed by atoms with E-state index in [9.17, 15) is 9.90 Å². The van der Waals surface area contributed by atoms with E-state index >= 15 is 0 Å². The Hall–Kier alpha value is -0.610. The van der Waals surface area contributed by atoms with Crippen molar-refractivity contribution in [3.8, 4) is 0 Å². The van der Waals surface area contributed by atoms with Crippen molar-refractivity contribution in [3.05, 3.63) is 0 Å². The van der Waals surface area contributed by atoms with E-state index in [2.05, 4.69) is 5.32 Å². The predicted molar refractivity (Wildman–Crippen MR) is 45.2 cm³/mol. The minimum absolute atomic E-state index is 0.254. The second-order valence-electron chi connectivity index (χ2n) is 3.42. The Labute approximate surface area is 72.1 Å². The summed E-state index contributed by atoms with van der Waals surface area (Å²) in [5.41, 5.74) is 3.72. The third-order valence-corrected chi connectivity index (χ3v) is 1.94. The highest BCUT2D eigenvalue weighted by Crippen LogP contribution is 2.19. The Morgan fingerprint density at radius 3 is 2.75 bits per heavy atom. The van der Waals surface area contributed by atoms with Crippen molar-refractivity contribution in [2.75, 3.05) is 0 Å². The van der Waals surface area contributed by atoms with Gasteiger partial charge in [0, 0.05) is 6.04 Å². The van der Waals surface area contributed by atoms with Crippen molar-refractivity contribution >= 4 is 5.91 Å². The van der Waals surface area contributed by atoms with Crippen molar-refractivity contribution in [1.82, 2.24) is 5.32 Å². The second-order valence-corrected chi connectivity index (χ2v) is 3.42. The molecule has 0 aromatic rings. The highest BCUT2D eigenvalue weighted by Gasteiger charge is 2.34. The average molecular weight is 172 g/mol. The molecule has 1 amide bonds. The molecule has 1 aliphatic rings. The Morgan fingerprint density at radius 1 is 1.75 bits per heavy atom. The third kappa shape index (κ3) is 2.46. The van der Waals surface area contributed by atoms with Crippen molar-refractivity contribution in [2.24, 2.45) is 5.73 Å². The molecule has 1 aliphatic carbocycles. The number of rotatable bonds is 4. The third-order valence-electron chi connectivity index (χ3n) is 1.94. The first kappa shape index (κ1) is 9.48. The van der Waals surface area contributed by atoms with Crippen LogP contribution in [0.25, 0.3) is 0 Å². The molecule has 0 spiro atoms. The highest BCUT2D eigenvalue weighted by atomic mass is 16.3. The zero-order valence-corrected chi connectivity index (χ0v) is 7.34. The smallest absolute Gasteiger partial charge is 0.267 e. The molecule has 0 radical (unpaired) electrons. The molecule has 0 saturated heterocycles. The van der Waals surface area contributed by atoms with E-state index in [1.165, 1.54) is 0 Å². The fourth-order valence-corrected chi connectivity index (χ4v) is 1.03. The lowest BCUT2D eigenvalue weighted by Gasteiger charge is -2.20. The number of hydrogen-bond donors (Lipinski definition) is 3. The number of aliphatic hydroxyl groups is 1. The van der Waals surface area contributed by atoms with Crippen molar-refractivity contribution in [1.29, 1.82) is 0 Å². The zero-order chi connectivity index (χ0) is 9.19. The maximum atomic E-state index is 11.2. The zero-order valence-electron chi connectivity index (χ0n) is 7.34. The maximum absolute atomic E-state index is 11.2. The van der Waals surface area contributed by atoms with Crippen LogP contribution in [0, 0.1) is 0 Å².